The van der Waals surface area contributed by atoms with Crippen LogP contribution in [0.2, 0.25) is 0 Å². The van der Waals surface area contributed by atoms with Crippen molar-refractivity contribution in [2.45, 2.75) is 95.7 Å². The number of rotatable bonds is 6. The number of amides is 2. The van der Waals surface area contributed by atoms with Crippen molar-refractivity contribution >= 4 is 16.1 Å². The van der Waals surface area contributed by atoms with E-state index in [2.05, 4.69) is 30.8 Å². The Morgan fingerprint density at radius 3 is 2.51 bits per heavy atom. The van der Waals surface area contributed by atoms with Gasteiger partial charge in [-0.1, -0.05) is 27.2 Å². The largest absolute Gasteiger partial charge is 0.454 e. The van der Waals surface area contributed by atoms with Gasteiger partial charge in [0, 0.05) is 12.6 Å². The lowest BCUT2D eigenvalue weighted by molar-refractivity contribution is -0.202. The molecule has 4 fully saturated rings. The highest BCUT2D eigenvalue weighted by Gasteiger charge is 2.64. The van der Waals surface area contributed by atoms with Crippen LogP contribution in [0.3, 0.4) is 0 Å². The summed E-state index contributed by atoms with van der Waals surface area (Å²) in [5.41, 5.74) is 0.265. The summed E-state index contributed by atoms with van der Waals surface area (Å²) in [6.45, 7) is 7.46. The van der Waals surface area contributed by atoms with Gasteiger partial charge in [-0.05, 0) is 110 Å². The monoisotopic (exact) mass is 590 g/mol. The molecule has 9 nitrogen and oxygen atoms in total. The third-order valence-electron chi connectivity index (χ3n) is 12.2. The number of aliphatic hydroxyl groups excluding tert-OH is 2. The highest BCUT2D eigenvalue weighted by molar-refractivity contribution is 7.90. The van der Waals surface area contributed by atoms with E-state index >= 15 is 0 Å². The van der Waals surface area contributed by atoms with Crippen LogP contribution in [0.1, 0.15) is 78.6 Å². The molecule has 1 aromatic carbocycles. The zero-order valence-electron chi connectivity index (χ0n) is 24.5. The highest BCUT2D eigenvalue weighted by Crippen LogP contribution is 2.69. The fourth-order valence-corrected chi connectivity index (χ4v) is 11.1. The number of hydrogen-bond donors (Lipinski definition) is 4. The van der Waals surface area contributed by atoms with E-state index in [1.54, 1.807) is 0 Å². The Kier molecular flexibility index (Phi) is 7.51. The van der Waals surface area contributed by atoms with E-state index < -0.39 is 16.1 Å². The second kappa shape index (κ2) is 10.6. The lowest BCUT2D eigenvalue weighted by Crippen LogP contribution is -2.62. The number of fused-ring (bicyclic) bond motifs is 6. The zero-order valence-corrected chi connectivity index (χ0v) is 25.3. The molecule has 2 amide bonds. The molecule has 10 heteroatoms. The molecule has 4 saturated carbocycles. The summed E-state index contributed by atoms with van der Waals surface area (Å²) in [6.07, 6.45) is 8.24. The van der Waals surface area contributed by atoms with Crippen molar-refractivity contribution in [1.82, 2.24) is 10.0 Å². The van der Waals surface area contributed by atoms with Gasteiger partial charge in [0.25, 0.3) is 10.0 Å². The average molecular weight is 591 g/mol. The van der Waals surface area contributed by atoms with Crippen molar-refractivity contribution in [3.8, 4) is 11.5 Å². The maximum absolute atomic E-state index is 12.8. The molecule has 228 valence electrons. The van der Waals surface area contributed by atoms with Crippen molar-refractivity contribution in [2.24, 2.45) is 46.3 Å². The minimum atomic E-state index is -4.05. The Hall–Kier alpha value is -2.04. The Morgan fingerprint density at radius 1 is 1.00 bits per heavy atom. The number of aliphatic hydroxyl groups is 2. The maximum Gasteiger partial charge on any atom is 0.328 e. The average Bonchev–Trinajstić information content (AvgIpc) is 3.53. The standard InChI is InChI=1S/C31H46N2O7S/c1-4-21-24-15-19(34)9-12-31(24,3)23-10-13-30(2)18(5-7-22(30)27(23)28(21)35)11-14-32-29(36)33-41(37,38)20-6-8-25-26(16-20)40-17-39-25/h6,8,16,18-19,21-24,27-28,34-35H,4-5,7,9-15,17H2,1-3H3,(H2,32,33,36)/t18-,19-,21-,22+,23+,24+,27+,28-,30-,31-/m1/s1. The first-order valence-electron chi connectivity index (χ1n) is 15.5. The van der Waals surface area contributed by atoms with Gasteiger partial charge in [0.2, 0.25) is 6.79 Å². The second-order valence-electron chi connectivity index (χ2n) is 13.9. The third kappa shape index (κ3) is 4.82. The van der Waals surface area contributed by atoms with Gasteiger partial charge in [-0.2, -0.15) is 0 Å². The fourth-order valence-electron chi connectivity index (χ4n) is 10.2. The quantitative estimate of drug-likeness (QED) is 0.385. The van der Waals surface area contributed by atoms with E-state index in [1.165, 1.54) is 18.2 Å². The predicted molar refractivity (Wildman–Crippen MR) is 153 cm³/mol. The van der Waals surface area contributed by atoms with Crippen LogP contribution < -0.4 is 19.5 Å². The van der Waals surface area contributed by atoms with E-state index in [4.69, 9.17) is 9.47 Å². The first kappa shape index (κ1) is 29.1. The Bertz CT molecular complexity index is 1270. The van der Waals surface area contributed by atoms with Crippen LogP contribution >= 0.6 is 0 Å². The lowest BCUT2D eigenvalue weighted by Gasteiger charge is -2.64. The first-order valence-corrected chi connectivity index (χ1v) is 17.0. The summed E-state index contributed by atoms with van der Waals surface area (Å²) in [4.78, 5) is 12.5. The van der Waals surface area contributed by atoms with Gasteiger partial charge in [0.1, 0.15) is 0 Å². The van der Waals surface area contributed by atoms with Crippen LogP contribution in [-0.2, 0) is 10.0 Å². The summed E-state index contributed by atoms with van der Waals surface area (Å²) in [5.74, 6) is 3.04. The van der Waals surface area contributed by atoms with Crippen LogP contribution in [0.25, 0.3) is 0 Å². The normalized spacial score (nSPS) is 41.2. The van der Waals surface area contributed by atoms with Crippen LogP contribution in [0.15, 0.2) is 23.1 Å². The topological polar surface area (TPSA) is 134 Å². The van der Waals surface area contributed by atoms with Crippen LogP contribution in [0.5, 0.6) is 11.5 Å². The van der Waals surface area contributed by atoms with E-state index in [1.807, 2.05) is 0 Å². The molecule has 4 N–H and O–H groups in total. The van der Waals surface area contributed by atoms with Gasteiger partial charge in [-0.3, -0.25) is 0 Å². The lowest BCUT2D eigenvalue weighted by atomic mass is 9.41. The number of urea groups is 1. The molecule has 1 aromatic rings. The SMILES string of the molecule is CC[C@H]1[C@@H](O)[C@@H]2[C@H](CC[C@]3(C)[C@@H](CCNC(=O)NS(=O)(=O)c4ccc5c(c4)OCO5)CC[C@@H]23)[C@@]2(C)CC[C@@H](O)C[C@@H]12. The molecule has 6 rings (SSSR count). The number of ether oxygens (including phenoxy) is 2. The van der Waals surface area contributed by atoms with Gasteiger partial charge < -0.3 is 25.0 Å². The molecular formula is C31H46N2O7S. The molecule has 0 saturated heterocycles. The molecule has 41 heavy (non-hydrogen) atoms. The van der Waals surface area contributed by atoms with Gasteiger partial charge >= 0.3 is 6.03 Å². The highest BCUT2D eigenvalue weighted by atomic mass is 32.2. The number of carbonyl (C=O) groups excluding carboxylic acids is 1. The van der Waals surface area contributed by atoms with Crippen molar-refractivity contribution in [1.29, 1.82) is 0 Å². The zero-order chi connectivity index (χ0) is 29.2. The summed E-state index contributed by atoms with van der Waals surface area (Å²) in [7, 11) is -4.05. The van der Waals surface area contributed by atoms with Crippen molar-refractivity contribution in [2.75, 3.05) is 13.3 Å². The molecule has 4 aliphatic carbocycles. The van der Waals surface area contributed by atoms with Crippen molar-refractivity contribution in [3.05, 3.63) is 18.2 Å². The maximum atomic E-state index is 12.8. The number of carbonyl (C=O) groups is 1. The van der Waals surface area contributed by atoms with Crippen molar-refractivity contribution < 1.29 is 32.9 Å². The third-order valence-corrected chi connectivity index (χ3v) is 13.6. The van der Waals surface area contributed by atoms with E-state index in [-0.39, 0.29) is 46.6 Å². The summed E-state index contributed by atoms with van der Waals surface area (Å²) < 4.78 is 38.1. The van der Waals surface area contributed by atoms with Gasteiger partial charge in [0.15, 0.2) is 11.5 Å². The number of hydrogen-bond acceptors (Lipinski definition) is 7. The number of benzene rings is 1. The molecule has 0 spiro atoms. The molecular weight excluding hydrogens is 544 g/mol. The van der Waals surface area contributed by atoms with E-state index in [0.29, 0.717) is 41.7 Å². The smallest absolute Gasteiger partial charge is 0.328 e. The van der Waals surface area contributed by atoms with E-state index in [0.717, 1.165) is 57.8 Å². The van der Waals surface area contributed by atoms with E-state index in [9.17, 15) is 23.4 Å². The molecule has 0 unspecified atom stereocenters. The van der Waals surface area contributed by atoms with Crippen LogP contribution in [-0.4, -0.2) is 50.2 Å². The summed E-state index contributed by atoms with van der Waals surface area (Å²) >= 11 is 0. The van der Waals surface area contributed by atoms with Gasteiger partial charge in [-0.25, -0.2) is 17.9 Å². The minimum Gasteiger partial charge on any atom is -0.454 e. The molecule has 0 radical (unpaired) electrons. The fraction of sp³-hybridized carbons (Fsp3) is 0.774. The van der Waals surface area contributed by atoms with Crippen LogP contribution in [0.4, 0.5) is 4.79 Å². The number of sulfonamides is 1. The molecule has 10 atom stereocenters. The Labute approximate surface area is 243 Å². The molecule has 0 aromatic heterocycles. The first-order chi connectivity index (χ1) is 19.5. The molecule has 1 heterocycles. The number of nitrogens with one attached hydrogen (secondary N) is 2. The van der Waals surface area contributed by atoms with Crippen LogP contribution in [0, 0.1) is 46.3 Å². The molecule has 0 bridgehead atoms. The predicted octanol–water partition coefficient (Wildman–Crippen LogP) is 4.42. The Balaban J connectivity index is 1.09. The van der Waals surface area contributed by atoms with Gasteiger partial charge in [0.05, 0.1) is 17.1 Å². The molecule has 5 aliphatic rings. The van der Waals surface area contributed by atoms with Crippen molar-refractivity contribution in [3.63, 3.8) is 0 Å². The molecule has 1 aliphatic heterocycles. The summed E-state index contributed by atoms with van der Waals surface area (Å²) in [6, 6.07) is 3.53. The summed E-state index contributed by atoms with van der Waals surface area (Å²) in [5, 5.41) is 25.1. The second-order valence-corrected chi connectivity index (χ2v) is 15.6. The Morgan fingerprint density at radius 2 is 1.73 bits per heavy atom. The van der Waals surface area contributed by atoms with Gasteiger partial charge in [-0.15, -0.1) is 0 Å². The minimum absolute atomic E-state index is 0.0389.